The maximum atomic E-state index is 11.8. The van der Waals surface area contributed by atoms with E-state index in [0.717, 1.165) is 12.5 Å². The van der Waals surface area contributed by atoms with Crippen LogP contribution in [0.15, 0.2) is 12.7 Å². The van der Waals surface area contributed by atoms with Crippen LogP contribution in [0.5, 0.6) is 0 Å². The number of nitrogens with one attached hydrogen (secondary N) is 1. The fourth-order valence-corrected chi connectivity index (χ4v) is 1.78. The number of carbonyl (C=O) groups excluding carboxylic acids is 3. The first kappa shape index (κ1) is 13.2. The van der Waals surface area contributed by atoms with E-state index in [9.17, 15) is 14.4 Å². The maximum Gasteiger partial charge on any atom is 0.328 e. The Bertz CT molecular complexity index is 340. The van der Waals surface area contributed by atoms with Crippen LogP contribution in [0.1, 0.15) is 12.8 Å². The summed E-state index contributed by atoms with van der Waals surface area (Å²) in [6.45, 7) is 3.67. The molecule has 0 saturated carbocycles. The SMILES string of the molecule is C=CC(=O)NCC(=O)N1CCC[C@H]1C(=O)OC. The van der Waals surface area contributed by atoms with Gasteiger partial charge in [-0.05, 0) is 18.9 Å². The highest BCUT2D eigenvalue weighted by Gasteiger charge is 2.34. The first-order valence-corrected chi connectivity index (χ1v) is 5.37. The van der Waals surface area contributed by atoms with E-state index in [1.807, 2.05) is 0 Å². The number of methoxy groups -OCH3 is 1. The highest BCUT2D eigenvalue weighted by atomic mass is 16.5. The summed E-state index contributed by atoms with van der Waals surface area (Å²) < 4.78 is 4.62. The van der Waals surface area contributed by atoms with E-state index in [4.69, 9.17) is 0 Å². The molecule has 1 heterocycles. The topological polar surface area (TPSA) is 75.7 Å². The lowest BCUT2D eigenvalue weighted by Crippen LogP contribution is -2.45. The Morgan fingerprint density at radius 3 is 2.82 bits per heavy atom. The van der Waals surface area contributed by atoms with Crippen molar-refractivity contribution in [3.8, 4) is 0 Å². The van der Waals surface area contributed by atoms with Crippen molar-refractivity contribution in [3.63, 3.8) is 0 Å². The molecule has 0 aromatic rings. The summed E-state index contributed by atoms with van der Waals surface area (Å²) in [5.74, 6) is -1.11. The number of esters is 1. The van der Waals surface area contributed by atoms with Gasteiger partial charge in [-0.25, -0.2) is 4.79 Å². The zero-order valence-electron chi connectivity index (χ0n) is 9.77. The van der Waals surface area contributed by atoms with Gasteiger partial charge in [0.15, 0.2) is 0 Å². The highest BCUT2D eigenvalue weighted by Crippen LogP contribution is 2.18. The number of hydrogen-bond donors (Lipinski definition) is 1. The molecule has 0 aliphatic carbocycles. The van der Waals surface area contributed by atoms with Gasteiger partial charge in [0, 0.05) is 6.54 Å². The Morgan fingerprint density at radius 2 is 2.24 bits per heavy atom. The Labute approximate surface area is 99.6 Å². The summed E-state index contributed by atoms with van der Waals surface area (Å²) in [6, 6.07) is -0.520. The zero-order chi connectivity index (χ0) is 12.8. The molecule has 2 amide bonds. The molecule has 0 aromatic heterocycles. The van der Waals surface area contributed by atoms with Crippen LogP contribution in [0.3, 0.4) is 0 Å². The molecule has 0 radical (unpaired) electrons. The molecule has 6 nitrogen and oxygen atoms in total. The largest absolute Gasteiger partial charge is 0.467 e. The number of carbonyl (C=O) groups is 3. The van der Waals surface area contributed by atoms with Crippen LogP contribution < -0.4 is 5.32 Å². The smallest absolute Gasteiger partial charge is 0.328 e. The van der Waals surface area contributed by atoms with Crippen LogP contribution in [0, 0.1) is 0 Å². The van der Waals surface area contributed by atoms with Crippen molar-refractivity contribution in [1.82, 2.24) is 10.2 Å². The Kier molecular flexibility index (Phi) is 4.68. The molecule has 1 rings (SSSR count). The number of likely N-dealkylation sites (tertiary alicyclic amines) is 1. The van der Waals surface area contributed by atoms with Gasteiger partial charge in [0.25, 0.3) is 0 Å². The minimum Gasteiger partial charge on any atom is -0.467 e. The minimum absolute atomic E-state index is 0.127. The van der Waals surface area contributed by atoms with Crippen molar-refractivity contribution in [2.45, 2.75) is 18.9 Å². The van der Waals surface area contributed by atoms with Gasteiger partial charge in [-0.1, -0.05) is 6.58 Å². The second-order valence-electron chi connectivity index (χ2n) is 3.69. The predicted molar refractivity (Wildman–Crippen MR) is 60.0 cm³/mol. The van der Waals surface area contributed by atoms with Gasteiger partial charge in [0.05, 0.1) is 13.7 Å². The summed E-state index contributed by atoms with van der Waals surface area (Å²) >= 11 is 0. The lowest BCUT2D eigenvalue weighted by Gasteiger charge is -2.22. The van der Waals surface area contributed by atoms with Gasteiger partial charge in [-0.15, -0.1) is 0 Å². The molecule has 0 spiro atoms. The van der Waals surface area contributed by atoms with Gasteiger partial charge in [-0.2, -0.15) is 0 Å². The van der Waals surface area contributed by atoms with Crippen molar-refractivity contribution >= 4 is 17.8 Å². The number of ether oxygens (including phenoxy) is 1. The van der Waals surface area contributed by atoms with Crippen LogP contribution in [0.4, 0.5) is 0 Å². The van der Waals surface area contributed by atoms with Gasteiger partial charge in [-0.3, -0.25) is 9.59 Å². The molecule has 1 atom stereocenters. The zero-order valence-corrected chi connectivity index (χ0v) is 9.77. The van der Waals surface area contributed by atoms with E-state index in [1.54, 1.807) is 0 Å². The molecule has 1 aliphatic heterocycles. The third-order valence-electron chi connectivity index (χ3n) is 2.65. The summed E-state index contributed by atoms with van der Waals surface area (Å²) in [6.07, 6.45) is 2.46. The lowest BCUT2D eigenvalue weighted by atomic mass is 10.2. The molecule has 1 N–H and O–H groups in total. The van der Waals surface area contributed by atoms with Gasteiger partial charge in [0.1, 0.15) is 6.04 Å². The summed E-state index contributed by atoms with van der Waals surface area (Å²) in [7, 11) is 1.29. The number of nitrogens with zero attached hydrogens (tertiary/aromatic N) is 1. The molecule has 0 bridgehead atoms. The molecule has 0 aromatic carbocycles. The highest BCUT2D eigenvalue weighted by molar-refractivity contribution is 5.92. The second kappa shape index (κ2) is 6.03. The minimum atomic E-state index is -0.520. The van der Waals surface area contributed by atoms with E-state index in [2.05, 4.69) is 16.6 Å². The Balaban J connectivity index is 2.53. The van der Waals surface area contributed by atoms with E-state index in [0.29, 0.717) is 13.0 Å². The first-order valence-electron chi connectivity index (χ1n) is 5.37. The average Bonchev–Trinajstić information content (AvgIpc) is 2.83. The lowest BCUT2D eigenvalue weighted by molar-refractivity contribution is -0.150. The van der Waals surface area contributed by atoms with Crippen molar-refractivity contribution in [2.75, 3.05) is 20.2 Å². The standard InChI is InChI=1S/C11H16N2O4/c1-3-9(14)12-7-10(15)13-6-4-5-8(13)11(16)17-2/h3,8H,1,4-7H2,2H3,(H,12,14)/t8-/m0/s1. The van der Waals surface area contributed by atoms with Gasteiger partial charge in [0.2, 0.25) is 11.8 Å². The third-order valence-corrected chi connectivity index (χ3v) is 2.65. The normalized spacial score (nSPS) is 18.6. The van der Waals surface area contributed by atoms with E-state index < -0.39 is 17.9 Å². The monoisotopic (exact) mass is 240 g/mol. The Morgan fingerprint density at radius 1 is 1.53 bits per heavy atom. The fourth-order valence-electron chi connectivity index (χ4n) is 1.78. The van der Waals surface area contributed by atoms with Crippen LogP contribution in [0.25, 0.3) is 0 Å². The molecule has 1 fully saturated rings. The quantitative estimate of drug-likeness (QED) is 0.528. The molecule has 17 heavy (non-hydrogen) atoms. The van der Waals surface area contributed by atoms with Gasteiger partial charge >= 0.3 is 5.97 Å². The fraction of sp³-hybridized carbons (Fsp3) is 0.545. The van der Waals surface area contributed by atoms with Crippen LogP contribution >= 0.6 is 0 Å². The van der Waals surface area contributed by atoms with Gasteiger partial charge < -0.3 is 15.0 Å². The Hall–Kier alpha value is -1.85. The third kappa shape index (κ3) is 3.30. The number of hydrogen-bond acceptors (Lipinski definition) is 4. The summed E-state index contributed by atoms with van der Waals surface area (Å²) in [5.41, 5.74) is 0. The van der Waals surface area contributed by atoms with E-state index >= 15 is 0 Å². The van der Waals surface area contributed by atoms with Crippen molar-refractivity contribution < 1.29 is 19.1 Å². The van der Waals surface area contributed by atoms with Crippen molar-refractivity contribution in [3.05, 3.63) is 12.7 Å². The molecule has 0 unspecified atom stereocenters. The average molecular weight is 240 g/mol. The van der Waals surface area contributed by atoms with Crippen molar-refractivity contribution in [1.29, 1.82) is 0 Å². The van der Waals surface area contributed by atoms with E-state index in [1.165, 1.54) is 12.0 Å². The molecular weight excluding hydrogens is 224 g/mol. The molecule has 1 aliphatic rings. The molecule has 94 valence electrons. The van der Waals surface area contributed by atoms with Crippen molar-refractivity contribution in [2.24, 2.45) is 0 Å². The number of rotatable bonds is 4. The summed E-state index contributed by atoms with van der Waals surface area (Å²) in [4.78, 5) is 35.5. The second-order valence-corrected chi connectivity index (χ2v) is 3.69. The van der Waals surface area contributed by atoms with Crippen LogP contribution in [0.2, 0.25) is 0 Å². The first-order chi connectivity index (χ1) is 8.10. The molecule has 1 saturated heterocycles. The van der Waals surface area contributed by atoms with Crippen LogP contribution in [-0.2, 0) is 19.1 Å². The maximum absolute atomic E-state index is 11.8. The molecule has 6 heteroatoms. The number of amides is 2. The predicted octanol–water partition coefficient (Wildman–Crippen LogP) is -0.547. The van der Waals surface area contributed by atoms with Crippen LogP contribution in [-0.4, -0.2) is 48.9 Å². The molecular formula is C11H16N2O4. The summed E-state index contributed by atoms with van der Waals surface area (Å²) in [5, 5.41) is 2.39. The van der Waals surface area contributed by atoms with E-state index in [-0.39, 0.29) is 12.5 Å².